The third-order valence-corrected chi connectivity index (χ3v) is 8.14. The van der Waals surface area contributed by atoms with Crippen LogP contribution in [0.25, 0.3) is 10.6 Å². The van der Waals surface area contributed by atoms with Crippen LogP contribution in [-0.2, 0) is 14.8 Å². The van der Waals surface area contributed by atoms with Gasteiger partial charge < -0.3 is 0 Å². The summed E-state index contributed by atoms with van der Waals surface area (Å²) >= 11 is 1.28. The first kappa shape index (κ1) is 22.8. The molecular weight excluding hydrogens is 420 g/mol. The first-order valence-electron chi connectivity index (χ1n) is 10.7. The number of carbonyl (C=O) groups is 1. The minimum Gasteiger partial charge on any atom is -0.299 e. The Morgan fingerprint density at radius 3 is 2.63 bits per heavy atom. The topological polar surface area (TPSA) is 92.3 Å². The number of nitrogens with zero attached hydrogens (tertiary/aromatic N) is 3. The van der Waals surface area contributed by atoms with Crippen molar-refractivity contribution >= 4 is 32.4 Å². The van der Waals surface area contributed by atoms with Crippen molar-refractivity contribution in [2.24, 2.45) is 0 Å². The monoisotopic (exact) mass is 450 g/mol. The molecule has 0 saturated carbocycles. The van der Waals surface area contributed by atoms with Crippen molar-refractivity contribution in [1.29, 1.82) is 0 Å². The normalized spacial score (nSPS) is 17.3. The van der Waals surface area contributed by atoms with Crippen molar-refractivity contribution in [2.45, 2.75) is 64.3 Å². The molecule has 1 aliphatic heterocycles. The molecule has 0 radical (unpaired) electrons. The molecule has 164 valence electrons. The molecule has 1 N–H and O–H groups in total. The third kappa shape index (κ3) is 6.09. The number of unbranched alkanes of at least 4 members (excludes halogenated alkanes) is 5. The molecule has 2 aromatic rings. The fourth-order valence-corrected chi connectivity index (χ4v) is 6.23. The second kappa shape index (κ2) is 11.0. The van der Waals surface area contributed by atoms with Gasteiger partial charge >= 0.3 is 0 Å². The number of aromatic nitrogens is 2. The minimum absolute atomic E-state index is 0.111. The van der Waals surface area contributed by atoms with Crippen molar-refractivity contribution in [2.75, 3.05) is 17.6 Å². The van der Waals surface area contributed by atoms with Crippen LogP contribution in [0.5, 0.6) is 0 Å². The van der Waals surface area contributed by atoms with Gasteiger partial charge in [-0.15, -0.1) is 10.2 Å². The predicted molar refractivity (Wildman–Crippen MR) is 121 cm³/mol. The summed E-state index contributed by atoms with van der Waals surface area (Å²) in [5.74, 6) is -0.213. The maximum Gasteiger partial charge on any atom is 0.244 e. The van der Waals surface area contributed by atoms with Crippen molar-refractivity contribution < 1.29 is 13.2 Å². The summed E-state index contributed by atoms with van der Waals surface area (Å²) < 4.78 is 27.0. The summed E-state index contributed by atoms with van der Waals surface area (Å²) in [5, 5.41) is 12.0. The average molecular weight is 451 g/mol. The lowest BCUT2D eigenvalue weighted by molar-refractivity contribution is -0.119. The van der Waals surface area contributed by atoms with E-state index in [2.05, 4.69) is 22.4 Å². The van der Waals surface area contributed by atoms with Crippen LogP contribution in [-0.4, -0.2) is 47.2 Å². The summed E-state index contributed by atoms with van der Waals surface area (Å²) in [6.45, 7) is 2.56. The molecular formula is C21H30N4O3S2. The van der Waals surface area contributed by atoms with Gasteiger partial charge in [0.25, 0.3) is 0 Å². The molecule has 1 aliphatic rings. The van der Waals surface area contributed by atoms with Gasteiger partial charge in [-0.25, -0.2) is 8.42 Å². The highest BCUT2D eigenvalue weighted by atomic mass is 32.2. The molecule has 0 spiro atoms. The minimum atomic E-state index is -3.44. The quantitative estimate of drug-likeness (QED) is 0.515. The number of sulfonamides is 1. The standard InChI is InChI=1S/C21H30N4O3S2/c1-2-3-4-5-6-10-16-30(27,28)25-15-11-14-18(25)19(26)22-21-24-23-20(29-21)17-12-8-7-9-13-17/h7-9,12-13,18H,2-6,10-11,14-16H2,1H3,(H,22,24,26)/t18-/m0/s1. The zero-order valence-electron chi connectivity index (χ0n) is 17.4. The molecule has 0 unspecified atom stereocenters. The molecule has 1 amide bonds. The molecule has 30 heavy (non-hydrogen) atoms. The largest absolute Gasteiger partial charge is 0.299 e. The van der Waals surface area contributed by atoms with Gasteiger partial charge in [0.2, 0.25) is 21.1 Å². The smallest absolute Gasteiger partial charge is 0.244 e. The number of hydrogen-bond donors (Lipinski definition) is 1. The van der Waals surface area contributed by atoms with Crippen LogP contribution in [0.2, 0.25) is 0 Å². The molecule has 0 aliphatic carbocycles. The van der Waals surface area contributed by atoms with E-state index in [9.17, 15) is 13.2 Å². The Bertz CT molecular complexity index is 915. The van der Waals surface area contributed by atoms with E-state index in [1.54, 1.807) is 0 Å². The molecule has 1 aromatic heterocycles. The Morgan fingerprint density at radius 2 is 1.87 bits per heavy atom. The molecule has 0 bridgehead atoms. The number of amides is 1. The van der Waals surface area contributed by atoms with Crippen LogP contribution in [0.15, 0.2) is 30.3 Å². The molecule has 7 nitrogen and oxygen atoms in total. The van der Waals surface area contributed by atoms with Gasteiger partial charge in [0, 0.05) is 12.1 Å². The van der Waals surface area contributed by atoms with E-state index in [1.165, 1.54) is 28.5 Å². The molecule has 3 rings (SSSR count). The second-order valence-electron chi connectivity index (χ2n) is 7.62. The summed E-state index contributed by atoms with van der Waals surface area (Å²) in [7, 11) is -3.44. The third-order valence-electron chi connectivity index (χ3n) is 5.30. The van der Waals surface area contributed by atoms with Crippen LogP contribution >= 0.6 is 11.3 Å². The molecule has 1 saturated heterocycles. The van der Waals surface area contributed by atoms with E-state index >= 15 is 0 Å². The molecule has 2 heterocycles. The molecule has 1 fully saturated rings. The van der Waals surface area contributed by atoms with Gasteiger partial charge in [-0.1, -0.05) is 80.7 Å². The lowest BCUT2D eigenvalue weighted by atomic mass is 10.1. The van der Waals surface area contributed by atoms with Gasteiger partial charge in [-0.05, 0) is 19.3 Å². The highest BCUT2D eigenvalue weighted by Gasteiger charge is 2.38. The van der Waals surface area contributed by atoms with Gasteiger partial charge in [0.15, 0.2) is 0 Å². The zero-order chi connectivity index (χ0) is 21.4. The highest BCUT2D eigenvalue weighted by Crippen LogP contribution is 2.28. The SMILES string of the molecule is CCCCCCCCS(=O)(=O)N1CCC[C@H]1C(=O)Nc1nnc(-c2ccccc2)s1. The van der Waals surface area contributed by atoms with Crippen LogP contribution in [0.4, 0.5) is 5.13 Å². The summed E-state index contributed by atoms with van der Waals surface area (Å²) in [5.41, 5.74) is 0.930. The lowest BCUT2D eigenvalue weighted by Crippen LogP contribution is -2.44. The Balaban J connectivity index is 1.55. The van der Waals surface area contributed by atoms with Crippen LogP contribution in [0.1, 0.15) is 58.3 Å². The van der Waals surface area contributed by atoms with Gasteiger partial charge in [0.1, 0.15) is 11.0 Å². The Hall–Kier alpha value is -1.84. The van der Waals surface area contributed by atoms with E-state index in [0.29, 0.717) is 35.9 Å². The molecule has 1 aromatic carbocycles. The van der Waals surface area contributed by atoms with Gasteiger partial charge in [0.05, 0.1) is 5.75 Å². The summed E-state index contributed by atoms with van der Waals surface area (Å²) in [4.78, 5) is 12.8. The maximum atomic E-state index is 12.8. The second-order valence-corrected chi connectivity index (χ2v) is 10.6. The van der Waals surface area contributed by atoms with Crippen LogP contribution in [0, 0.1) is 0 Å². The highest BCUT2D eigenvalue weighted by molar-refractivity contribution is 7.89. The van der Waals surface area contributed by atoms with E-state index in [4.69, 9.17) is 0 Å². The Labute approximate surface area is 183 Å². The first-order chi connectivity index (χ1) is 14.5. The van der Waals surface area contributed by atoms with E-state index in [0.717, 1.165) is 24.8 Å². The maximum absolute atomic E-state index is 12.8. The van der Waals surface area contributed by atoms with Crippen molar-refractivity contribution in [3.8, 4) is 10.6 Å². The van der Waals surface area contributed by atoms with Gasteiger partial charge in [-0.2, -0.15) is 4.31 Å². The van der Waals surface area contributed by atoms with Crippen molar-refractivity contribution in [1.82, 2.24) is 14.5 Å². The average Bonchev–Trinajstić information content (AvgIpc) is 3.41. The van der Waals surface area contributed by atoms with E-state index < -0.39 is 16.1 Å². The van der Waals surface area contributed by atoms with Crippen LogP contribution in [0.3, 0.4) is 0 Å². The van der Waals surface area contributed by atoms with Crippen molar-refractivity contribution in [3.63, 3.8) is 0 Å². The lowest BCUT2D eigenvalue weighted by Gasteiger charge is -2.22. The van der Waals surface area contributed by atoms with E-state index in [-0.39, 0.29) is 11.7 Å². The predicted octanol–water partition coefficient (Wildman–Crippen LogP) is 4.30. The Morgan fingerprint density at radius 1 is 1.13 bits per heavy atom. The number of hydrogen-bond acceptors (Lipinski definition) is 6. The number of anilines is 1. The van der Waals surface area contributed by atoms with Gasteiger partial charge in [-0.3, -0.25) is 10.1 Å². The fourth-order valence-electron chi connectivity index (χ4n) is 3.68. The number of benzene rings is 1. The number of rotatable bonds is 11. The summed E-state index contributed by atoms with van der Waals surface area (Å²) in [6.07, 6.45) is 7.37. The summed E-state index contributed by atoms with van der Waals surface area (Å²) in [6, 6.07) is 8.95. The van der Waals surface area contributed by atoms with E-state index in [1.807, 2.05) is 30.3 Å². The fraction of sp³-hybridized carbons (Fsp3) is 0.571. The number of nitrogens with one attached hydrogen (secondary N) is 1. The Kier molecular flexibility index (Phi) is 8.35. The van der Waals surface area contributed by atoms with Crippen molar-refractivity contribution in [3.05, 3.63) is 30.3 Å². The zero-order valence-corrected chi connectivity index (χ0v) is 19.1. The molecule has 9 heteroatoms. The first-order valence-corrected chi connectivity index (χ1v) is 13.1. The number of carbonyl (C=O) groups excluding carboxylic acids is 1. The molecule has 1 atom stereocenters. The van der Waals surface area contributed by atoms with Crippen LogP contribution < -0.4 is 5.32 Å².